The number of rotatable bonds is 5. The van der Waals surface area contributed by atoms with E-state index in [0.29, 0.717) is 0 Å². The van der Waals surface area contributed by atoms with Gasteiger partial charge in [-0.05, 0) is 62.7 Å². The summed E-state index contributed by atoms with van der Waals surface area (Å²) in [7, 11) is 0. The van der Waals surface area contributed by atoms with Crippen molar-refractivity contribution in [2.75, 3.05) is 0 Å². The zero-order valence-electron chi connectivity index (χ0n) is 13.7. The van der Waals surface area contributed by atoms with Crippen LogP contribution in [0, 0.1) is 34.5 Å². The molecule has 0 aromatic heterocycles. The van der Waals surface area contributed by atoms with Crippen molar-refractivity contribution in [3.05, 3.63) is 0 Å². The minimum Gasteiger partial charge on any atom is -0.198 e. The van der Waals surface area contributed by atoms with Gasteiger partial charge in [0.2, 0.25) is 0 Å². The Morgan fingerprint density at radius 3 is 2.05 bits per heavy atom. The zero-order valence-corrected chi connectivity index (χ0v) is 13.7. The van der Waals surface area contributed by atoms with Crippen LogP contribution in [0.3, 0.4) is 0 Å². The second kappa shape index (κ2) is 7.48. The fourth-order valence-corrected chi connectivity index (χ4v) is 4.65. The molecule has 0 heterocycles. The maximum absolute atomic E-state index is 9.41. The van der Waals surface area contributed by atoms with Crippen LogP contribution in [0.1, 0.15) is 90.9 Å². The van der Waals surface area contributed by atoms with E-state index in [9.17, 15) is 5.26 Å². The molecule has 2 saturated carbocycles. The molecule has 0 amide bonds. The van der Waals surface area contributed by atoms with E-state index in [1.165, 1.54) is 70.6 Å². The van der Waals surface area contributed by atoms with Crippen LogP contribution in [-0.4, -0.2) is 0 Å². The Hall–Kier alpha value is -0.510. The Labute approximate surface area is 126 Å². The molecule has 0 bridgehead atoms. The number of hydrogen-bond donors (Lipinski definition) is 0. The monoisotopic (exact) mass is 275 g/mol. The van der Waals surface area contributed by atoms with Crippen LogP contribution >= 0.6 is 0 Å². The van der Waals surface area contributed by atoms with Crippen molar-refractivity contribution in [2.24, 2.45) is 23.2 Å². The van der Waals surface area contributed by atoms with Gasteiger partial charge in [-0.25, -0.2) is 0 Å². The summed E-state index contributed by atoms with van der Waals surface area (Å²) < 4.78 is 0. The molecular formula is C19H33N. The average Bonchev–Trinajstić information content (AvgIpc) is 2.53. The summed E-state index contributed by atoms with van der Waals surface area (Å²) in [5, 5.41) is 9.41. The molecule has 0 aliphatic heterocycles. The second-order valence-corrected chi connectivity index (χ2v) is 7.51. The third kappa shape index (κ3) is 3.78. The highest BCUT2D eigenvalue weighted by molar-refractivity contribution is 5.01. The number of nitriles is 1. The summed E-state index contributed by atoms with van der Waals surface area (Å²) in [5.41, 5.74) is 0.0365. The highest BCUT2D eigenvalue weighted by Crippen LogP contribution is 2.47. The minimum atomic E-state index is 0.0365. The van der Waals surface area contributed by atoms with Gasteiger partial charge in [0.15, 0.2) is 0 Å². The molecule has 0 unspecified atom stereocenters. The Bertz CT molecular complexity index is 311. The fourth-order valence-electron chi connectivity index (χ4n) is 4.65. The third-order valence-corrected chi connectivity index (χ3v) is 6.43. The molecule has 0 spiro atoms. The Kier molecular flexibility index (Phi) is 5.94. The molecule has 2 rings (SSSR count). The molecule has 2 aliphatic rings. The largest absolute Gasteiger partial charge is 0.198 e. The molecule has 0 saturated heterocycles. The van der Waals surface area contributed by atoms with Gasteiger partial charge in [0.1, 0.15) is 0 Å². The van der Waals surface area contributed by atoms with Crippen molar-refractivity contribution in [2.45, 2.75) is 90.9 Å². The first-order valence-corrected chi connectivity index (χ1v) is 9.14. The maximum atomic E-state index is 9.41. The van der Waals surface area contributed by atoms with Gasteiger partial charge in [-0.3, -0.25) is 0 Å². The first kappa shape index (κ1) is 15.9. The van der Waals surface area contributed by atoms with Crippen LogP contribution in [0.2, 0.25) is 0 Å². The molecule has 0 radical (unpaired) electrons. The zero-order chi connectivity index (χ0) is 14.4. The maximum Gasteiger partial charge on any atom is 0.0689 e. The number of nitrogens with zero attached hydrogens (tertiary/aromatic N) is 1. The summed E-state index contributed by atoms with van der Waals surface area (Å²) >= 11 is 0. The van der Waals surface area contributed by atoms with E-state index in [-0.39, 0.29) is 5.41 Å². The van der Waals surface area contributed by atoms with Crippen LogP contribution in [0.5, 0.6) is 0 Å². The van der Waals surface area contributed by atoms with Crippen molar-refractivity contribution in [3.8, 4) is 6.07 Å². The van der Waals surface area contributed by atoms with Gasteiger partial charge >= 0.3 is 0 Å². The highest BCUT2D eigenvalue weighted by atomic mass is 14.4. The van der Waals surface area contributed by atoms with E-state index in [4.69, 9.17) is 0 Å². The van der Waals surface area contributed by atoms with Gasteiger partial charge in [0.05, 0.1) is 11.5 Å². The summed E-state index contributed by atoms with van der Waals surface area (Å²) in [6.07, 6.45) is 16.2. The van der Waals surface area contributed by atoms with E-state index in [2.05, 4.69) is 19.9 Å². The molecule has 0 aromatic carbocycles. The van der Waals surface area contributed by atoms with Gasteiger partial charge < -0.3 is 0 Å². The van der Waals surface area contributed by atoms with Crippen LogP contribution < -0.4 is 0 Å². The van der Waals surface area contributed by atoms with Crippen molar-refractivity contribution in [3.63, 3.8) is 0 Å². The van der Waals surface area contributed by atoms with Crippen molar-refractivity contribution in [1.29, 1.82) is 5.26 Å². The third-order valence-electron chi connectivity index (χ3n) is 6.43. The second-order valence-electron chi connectivity index (χ2n) is 7.51. The summed E-state index contributed by atoms with van der Waals surface area (Å²) in [6.45, 7) is 4.51. The predicted molar refractivity (Wildman–Crippen MR) is 85.3 cm³/mol. The number of unbranched alkanes of at least 4 members (excludes halogenated alkanes) is 1. The van der Waals surface area contributed by atoms with Crippen molar-refractivity contribution < 1.29 is 0 Å². The Balaban J connectivity index is 1.75. The average molecular weight is 275 g/mol. The molecular weight excluding hydrogens is 242 g/mol. The summed E-state index contributed by atoms with van der Waals surface area (Å²) in [4.78, 5) is 0. The lowest BCUT2D eigenvalue weighted by molar-refractivity contribution is 0.118. The summed E-state index contributed by atoms with van der Waals surface area (Å²) in [5.74, 6) is 2.96. The van der Waals surface area contributed by atoms with Crippen LogP contribution in [-0.2, 0) is 0 Å². The highest BCUT2D eigenvalue weighted by Gasteiger charge is 2.37. The molecule has 2 fully saturated rings. The van der Waals surface area contributed by atoms with E-state index in [1.54, 1.807) is 0 Å². The van der Waals surface area contributed by atoms with E-state index in [0.717, 1.165) is 24.2 Å². The standard InChI is InChI=1S/C19H33N/c1-3-5-6-16-7-9-17(10-8-16)18-11-13-19(4-2,15-20)14-12-18/h16-18H,3-14H2,1-2H3/t16?,17?,18-,19+. The lowest BCUT2D eigenvalue weighted by Crippen LogP contribution is -2.30. The van der Waals surface area contributed by atoms with Crippen LogP contribution in [0.25, 0.3) is 0 Å². The Morgan fingerprint density at radius 1 is 0.950 bits per heavy atom. The lowest BCUT2D eigenvalue weighted by atomic mass is 9.64. The van der Waals surface area contributed by atoms with E-state index < -0.39 is 0 Å². The molecule has 1 heteroatoms. The fraction of sp³-hybridized carbons (Fsp3) is 0.947. The topological polar surface area (TPSA) is 23.8 Å². The van der Waals surface area contributed by atoms with Gasteiger partial charge in [0.25, 0.3) is 0 Å². The van der Waals surface area contributed by atoms with Gasteiger partial charge in [-0.15, -0.1) is 0 Å². The first-order valence-electron chi connectivity index (χ1n) is 9.14. The molecule has 1 nitrogen and oxygen atoms in total. The molecule has 0 aromatic rings. The van der Waals surface area contributed by atoms with Gasteiger partial charge in [0, 0.05) is 0 Å². The normalized spacial score (nSPS) is 38.4. The van der Waals surface area contributed by atoms with Gasteiger partial charge in [-0.2, -0.15) is 5.26 Å². The quantitative estimate of drug-likeness (QED) is 0.595. The Morgan fingerprint density at radius 2 is 1.55 bits per heavy atom. The van der Waals surface area contributed by atoms with Crippen molar-refractivity contribution in [1.82, 2.24) is 0 Å². The van der Waals surface area contributed by atoms with E-state index >= 15 is 0 Å². The molecule has 2 aliphatic carbocycles. The minimum absolute atomic E-state index is 0.0365. The predicted octanol–water partition coefficient (Wildman–Crippen LogP) is 6.09. The van der Waals surface area contributed by atoms with E-state index in [1.807, 2.05) is 0 Å². The van der Waals surface area contributed by atoms with Gasteiger partial charge in [-0.1, -0.05) is 46.0 Å². The molecule has 0 N–H and O–H groups in total. The lowest BCUT2D eigenvalue weighted by Gasteiger charge is -2.40. The van der Waals surface area contributed by atoms with Crippen molar-refractivity contribution >= 4 is 0 Å². The first-order chi connectivity index (χ1) is 9.73. The SMILES string of the molecule is CCCCC1CCC([C@H]2CC[C@](C#N)(CC)CC2)CC1. The molecule has 0 atom stereocenters. The van der Waals surface area contributed by atoms with Crippen LogP contribution in [0.15, 0.2) is 0 Å². The number of hydrogen-bond acceptors (Lipinski definition) is 1. The molecule has 114 valence electrons. The van der Waals surface area contributed by atoms with Crippen LogP contribution in [0.4, 0.5) is 0 Å². The smallest absolute Gasteiger partial charge is 0.0689 e. The molecule has 20 heavy (non-hydrogen) atoms. The summed E-state index contributed by atoms with van der Waals surface area (Å²) in [6, 6.07) is 2.62.